The van der Waals surface area contributed by atoms with Crippen LogP contribution in [0.2, 0.25) is 18.1 Å². The zero-order valence-electron chi connectivity index (χ0n) is 50.0. The van der Waals surface area contributed by atoms with Crippen LogP contribution in [0.4, 0.5) is 20.2 Å². The van der Waals surface area contributed by atoms with Gasteiger partial charge in [-0.1, -0.05) is 160 Å². The molecule has 14 nitrogen and oxygen atoms in total. The highest BCUT2D eigenvalue weighted by Gasteiger charge is 2.58. The Balaban J connectivity index is 0.000000208. The summed E-state index contributed by atoms with van der Waals surface area (Å²) in [7, 11) is -11.0. The van der Waals surface area contributed by atoms with Crippen molar-refractivity contribution in [3.05, 3.63) is 264 Å². The van der Waals surface area contributed by atoms with E-state index in [0.29, 0.717) is 39.4 Å². The quantitative estimate of drug-likeness (QED) is 0.0440. The van der Waals surface area contributed by atoms with Crippen molar-refractivity contribution in [1.82, 2.24) is 0 Å². The van der Waals surface area contributed by atoms with Gasteiger partial charge in [0.25, 0.3) is 0 Å². The van der Waals surface area contributed by atoms with Crippen LogP contribution in [0.3, 0.4) is 0 Å². The number of anilines is 2. The number of hydrogen-bond donors (Lipinski definition) is 4. The van der Waals surface area contributed by atoms with E-state index < -0.39 is 97.7 Å². The van der Waals surface area contributed by atoms with Crippen LogP contribution in [0, 0.1) is 11.6 Å². The molecule has 0 bridgehead atoms. The number of carbonyl (C=O) groups is 2. The third-order valence-corrected chi connectivity index (χ3v) is 25.2. The number of phenols is 3. The Morgan fingerprint density at radius 2 is 0.944 bits per heavy atom. The Morgan fingerprint density at radius 3 is 1.42 bits per heavy atom. The molecular weight excluding hydrogens is 1200 g/mol. The first-order valence-corrected chi connectivity index (χ1v) is 35.4. The molecule has 464 valence electrons. The maximum atomic E-state index is 14.7. The SMILES string of the molecule is CC(C)(C)[Si](C)(C)O[C@@H](CS(=O)(=O)[C@H]1C(=O)N(c2ccccc2)[C@@H]1c1ccc(-c2cccc(O)c2)cc1OCc1ccccc1)c1ccc(F)cc1.O=C1[C@H](S(=O)(=O)C[C@H](O)c2ccc(F)cc2)[C@@H](c2ccc(-c3cccc(O)c3)cc2O)N1c1ccccc1. The number of halogens is 2. The van der Waals surface area contributed by atoms with Crippen molar-refractivity contribution < 1.29 is 64.8 Å². The van der Waals surface area contributed by atoms with E-state index in [4.69, 9.17) is 9.16 Å². The van der Waals surface area contributed by atoms with Gasteiger partial charge in [-0.3, -0.25) is 9.59 Å². The molecule has 0 spiro atoms. The molecule has 0 saturated carbocycles. The van der Waals surface area contributed by atoms with Gasteiger partial charge in [-0.25, -0.2) is 25.6 Å². The van der Waals surface area contributed by atoms with Gasteiger partial charge in [0.15, 0.2) is 38.5 Å². The second kappa shape index (κ2) is 26.2. The zero-order valence-corrected chi connectivity index (χ0v) is 52.6. The van der Waals surface area contributed by atoms with Gasteiger partial charge in [-0.15, -0.1) is 0 Å². The number of rotatable bonds is 19. The number of hydrogen-bond acceptors (Lipinski definition) is 12. The molecule has 0 radical (unpaired) electrons. The lowest BCUT2D eigenvalue weighted by molar-refractivity contribution is -0.124. The Bertz CT molecular complexity index is 4280. The van der Waals surface area contributed by atoms with Crippen molar-refractivity contribution in [2.75, 3.05) is 21.3 Å². The van der Waals surface area contributed by atoms with Crippen LogP contribution in [-0.2, 0) is 40.3 Å². The molecule has 90 heavy (non-hydrogen) atoms. The number of phenolic OH excluding ortho intramolecular Hbond substituents is 3. The molecule has 2 aliphatic heterocycles. The predicted molar refractivity (Wildman–Crippen MR) is 347 cm³/mol. The normalized spacial score (nSPS) is 17.5. The highest BCUT2D eigenvalue weighted by atomic mass is 32.2. The number of aliphatic hydroxyl groups excluding tert-OH is 1. The Kier molecular flexibility index (Phi) is 18.7. The van der Waals surface area contributed by atoms with E-state index in [2.05, 4.69) is 20.8 Å². The summed E-state index contributed by atoms with van der Waals surface area (Å²) in [5.41, 5.74) is 6.14. The first-order valence-electron chi connectivity index (χ1n) is 29.1. The Morgan fingerprint density at radius 1 is 0.511 bits per heavy atom. The van der Waals surface area contributed by atoms with Crippen molar-refractivity contribution in [2.24, 2.45) is 0 Å². The van der Waals surface area contributed by atoms with Gasteiger partial charge in [0.1, 0.15) is 41.2 Å². The van der Waals surface area contributed by atoms with Crippen LogP contribution in [-0.4, -0.2) is 79.4 Å². The minimum absolute atomic E-state index is 0.0526. The number of sulfone groups is 2. The minimum atomic E-state index is -4.23. The van der Waals surface area contributed by atoms with Gasteiger partial charge in [0.2, 0.25) is 11.8 Å². The number of ether oxygens (including phenoxy) is 1. The molecule has 6 atom stereocenters. The largest absolute Gasteiger partial charge is 0.508 e. The topological polar surface area (TPSA) is 208 Å². The molecule has 2 aliphatic rings. The standard InChI is InChI=1S/C42H44FNO6SSi.C29H24FNO6S/c1-42(2,3)52(4,5)50-38(30-19-22-33(43)23-20-30)28-51(47,48)40-39(44(41(40)46)34-16-10-7-11-17-34)36-24-21-32(31-15-12-18-35(45)25-31)26-37(36)49-27-29-13-8-6-9-14-29;30-21-12-9-18(10-13-21)26(34)17-38(36,37)28-27(31(29(28)35)22-6-2-1-3-7-22)24-14-11-20(16-25(24)33)19-5-4-8-23(32)15-19/h6-26,38-40,45H,27-28H2,1-5H3;1-16,26-28,32-34H,17H2/t38-,39+,40+;26-,27+,28+/m00/s1. The summed E-state index contributed by atoms with van der Waals surface area (Å²) >= 11 is 0. The highest BCUT2D eigenvalue weighted by molar-refractivity contribution is 7.93. The maximum Gasteiger partial charge on any atom is 0.248 e. The van der Waals surface area contributed by atoms with Gasteiger partial charge in [-0.2, -0.15) is 0 Å². The number of aromatic hydroxyl groups is 3. The van der Waals surface area contributed by atoms with Crippen LogP contribution >= 0.6 is 0 Å². The van der Waals surface area contributed by atoms with Gasteiger partial charge < -0.3 is 39.4 Å². The number of amides is 2. The molecule has 2 saturated heterocycles. The highest BCUT2D eigenvalue weighted by Crippen LogP contribution is 2.50. The van der Waals surface area contributed by atoms with Crippen LogP contribution in [0.5, 0.6) is 23.0 Å². The molecule has 0 unspecified atom stereocenters. The average Bonchev–Trinajstić information content (AvgIpc) is 0.726. The summed E-state index contributed by atoms with van der Waals surface area (Å²) in [5, 5.41) is 38.4. The second-order valence-electron chi connectivity index (χ2n) is 23.9. The predicted octanol–water partition coefficient (Wildman–Crippen LogP) is 13.9. The van der Waals surface area contributed by atoms with E-state index >= 15 is 0 Å². The number of β-lactam (4-membered cyclic amide) rings is 2. The molecule has 4 N–H and O–H groups in total. The van der Waals surface area contributed by atoms with Crippen molar-refractivity contribution in [3.8, 4) is 45.3 Å². The van der Waals surface area contributed by atoms with Gasteiger partial charge in [-0.05, 0) is 142 Å². The van der Waals surface area contributed by atoms with Gasteiger partial charge in [0.05, 0.1) is 35.8 Å². The molecule has 2 heterocycles. The third kappa shape index (κ3) is 13.9. The molecule has 0 aromatic heterocycles. The number of benzene rings is 9. The van der Waals surface area contributed by atoms with Crippen molar-refractivity contribution in [3.63, 3.8) is 0 Å². The monoisotopic (exact) mass is 1270 g/mol. The summed E-state index contributed by atoms with van der Waals surface area (Å²) in [6.45, 7) is 10.5. The molecular formula is C71H68F2N2O12S2Si. The lowest BCUT2D eigenvalue weighted by Crippen LogP contribution is -2.63. The zero-order chi connectivity index (χ0) is 64.3. The lowest BCUT2D eigenvalue weighted by Gasteiger charge is -2.47. The van der Waals surface area contributed by atoms with Crippen molar-refractivity contribution >= 4 is 51.2 Å². The Hall–Kier alpha value is -8.98. The average molecular weight is 1270 g/mol. The van der Waals surface area contributed by atoms with Gasteiger partial charge in [0, 0.05) is 22.5 Å². The fourth-order valence-electron chi connectivity index (χ4n) is 11.0. The lowest BCUT2D eigenvalue weighted by atomic mass is 9.90. The molecule has 19 heteroatoms. The third-order valence-electron chi connectivity index (χ3n) is 16.7. The van der Waals surface area contributed by atoms with E-state index in [1.165, 1.54) is 52.3 Å². The van der Waals surface area contributed by atoms with E-state index in [1.54, 1.807) is 115 Å². The number of carbonyl (C=O) groups excluding carboxylic acids is 2. The molecule has 9 aromatic rings. The van der Waals surface area contributed by atoms with Crippen molar-refractivity contribution in [1.29, 1.82) is 0 Å². The van der Waals surface area contributed by atoms with Crippen LogP contribution < -0.4 is 14.5 Å². The van der Waals surface area contributed by atoms with E-state index in [-0.39, 0.29) is 40.0 Å². The fraction of sp³-hybridized carbons (Fsp3) is 0.211. The number of para-hydroxylation sites is 2. The maximum absolute atomic E-state index is 14.7. The van der Waals surface area contributed by atoms with E-state index in [1.807, 2.05) is 67.7 Å². The second-order valence-corrected chi connectivity index (χ2v) is 33.0. The summed E-state index contributed by atoms with van der Waals surface area (Å²) in [6, 6.07) is 59.1. The molecule has 2 amide bonds. The molecule has 9 aromatic carbocycles. The summed E-state index contributed by atoms with van der Waals surface area (Å²) < 4.78 is 96.9. The smallest absolute Gasteiger partial charge is 0.248 e. The minimum Gasteiger partial charge on any atom is -0.508 e. The fourth-order valence-corrected chi connectivity index (χ4v) is 16.3. The van der Waals surface area contributed by atoms with Crippen LogP contribution in [0.1, 0.15) is 72.9 Å². The summed E-state index contributed by atoms with van der Waals surface area (Å²) in [5.74, 6) is -3.06. The summed E-state index contributed by atoms with van der Waals surface area (Å²) in [4.78, 5) is 30.3. The molecule has 2 fully saturated rings. The summed E-state index contributed by atoms with van der Waals surface area (Å²) in [6.07, 6.45) is -2.39. The van der Waals surface area contributed by atoms with E-state index in [9.17, 15) is 55.6 Å². The Labute approximate surface area is 523 Å². The molecule has 11 rings (SSSR count). The molecule has 0 aliphatic carbocycles. The van der Waals surface area contributed by atoms with E-state index in [0.717, 1.165) is 28.8 Å². The first kappa shape index (κ1) is 64.0. The number of nitrogens with zero attached hydrogens (tertiary/aromatic N) is 2. The van der Waals surface area contributed by atoms with Crippen LogP contribution in [0.15, 0.2) is 224 Å². The van der Waals surface area contributed by atoms with Gasteiger partial charge >= 0.3 is 0 Å². The van der Waals surface area contributed by atoms with Crippen molar-refractivity contribution in [2.45, 2.75) is 80.3 Å². The van der Waals surface area contributed by atoms with Crippen LogP contribution in [0.25, 0.3) is 22.3 Å². The first-order chi connectivity index (χ1) is 42.8. The number of aliphatic hydroxyl groups is 1.